The lowest BCUT2D eigenvalue weighted by atomic mass is 9.97. The van der Waals surface area contributed by atoms with Crippen LogP contribution in [0.1, 0.15) is 43.2 Å². The summed E-state index contributed by atoms with van der Waals surface area (Å²) in [7, 11) is -2.47. The summed E-state index contributed by atoms with van der Waals surface area (Å²) in [6.07, 6.45) is 5.71. The average Bonchev–Trinajstić information content (AvgIpc) is 3.40. The third-order valence-corrected chi connectivity index (χ3v) is 7.09. The Kier molecular flexibility index (Phi) is 5.32. The molecule has 11 heteroatoms. The molecule has 1 atom stereocenters. The van der Waals surface area contributed by atoms with E-state index >= 15 is 0 Å². The third-order valence-electron chi connectivity index (χ3n) is 5.66. The molecule has 10 nitrogen and oxygen atoms in total. The number of nitrogens with one attached hydrogen (secondary N) is 1. The van der Waals surface area contributed by atoms with Gasteiger partial charge in [-0.3, -0.25) is 9.48 Å². The molecule has 4 rings (SSSR count). The number of aromatic nitrogens is 5. The van der Waals surface area contributed by atoms with E-state index in [-0.39, 0.29) is 16.0 Å². The average molecular weight is 458 g/mol. The van der Waals surface area contributed by atoms with Gasteiger partial charge in [0.25, 0.3) is 15.9 Å². The summed E-state index contributed by atoms with van der Waals surface area (Å²) in [6.45, 7) is 8.62. The van der Waals surface area contributed by atoms with Crippen molar-refractivity contribution in [2.75, 3.05) is 11.4 Å². The highest BCUT2D eigenvalue weighted by Crippen LogP contribution is 2.37. The molecule has 1 aliphatic heterocycles. The van der Waals surface area contributed by atoms with E-state index in [2.05, 4.69) is 40.6 Å². The summed E-state index contributed by atoms with van der Waals surface area (Å²) >= 11 is 0. The molecule has 3 aromatic heterocycles. The normalized spacial score (nSPS) is 18.2. The largest absolute Gasteiger partial charge is 0.350 e. The summed E-state index contributed by atoms with van der Waals surface area (Å²) in [5, 5.41) is 8.28. The number of pyridine rings is 1. The molecule has 0 unspecified atom stereocenters. The Morgan fingerprint density at radius 2 is 2.03 bits per heavy atom. The van der Waals surface area contributed by atoms with Crippen LogP contribution in [-0.2, 0) is 17.1 Å². The molecule has 32 heavy (non-hydrogen) atoms. The van der Waals surface area contributed by atoms with E-state index in [0.717, 1.165) is 6.42 Å². The number of anilines is 1. The minimum Gasteiger partial charge on any atom is -0.350 e. The predicted octanol–water partition coefficient (Wildman–Crippen LogP) is 2.05. The molecule has 0 aliphatic carbocycles. The van der Waals surface area contributed by atoms with Crippen molar-refractivity contribution in [3.8, 4) is 5.82 Å². The van der Waals surface area contributed by atoms with Gasteiger partial charge in [-0.15, -0.1) is 0 Å². The second-order valence-electron chi connectivity index (χ2n) is 8.91. The van der Waals surface area contributed by atoms with Crippen LogP contribution < -0.4 is 9.62 Å². The molecule has 0 radical (unpaired) electrons. The summed E-state index contributed by atoms with van der Waals surface area (Å²) < 4.78 is 31.0. The molecular weight excluding hydrogens is 430 g/mol. The van der Waals surface area contributed by atoms with Crippen LogP contribution in [0.5, 0.6) is 0 Å². The van der Waals surface area contributed by atoms with Gasteiger partial charge in [0.15, 0.2) is 5.82 Å². The van der Waals surface area contributed by atoms with Crippen LogP contribution in [0, 0.1) is 12.8 Å². The number of hydrogen-bond acceptors (Lipinski definition) is 7. The van der Waals surface area contributed by atoms with E-state index in [1.807, 2.05) is 0 Å². The molecule has 4 heterocycles. The molecule has 1 saturated heterocycles. The molecule has 0 spiro atoms. The zero-order valence-corrected chi connectivity index (χ0v) is 19.6. The summed E-state index contributed by atoms with van der Waals surface area (Å²) in [5.41, 5.74) is 0.256. The Morgan fingerprint density at radius 3 is 2.59 bits per heavy atom. The first-order valence-corrected chi connectivity index (χ1v) is 11.8. The number of amides is 1. The highest BCUT2D eigenvalue weighted by molar-refractivity contribution is 7.90. The highest BCUT2D eigenvalue weighted by atomic mass is 32.2. The lowest BCUT2D eigenvalue weighted by Crippen LogP contribution is -2.41. The van der Waals surface area contributed by atoms with Crippen molar-refractivity contribution in [2.24, 2.45) is 13.0 Å². The minimum atomic E-state index is -4.10. The topological polar surface area (TPSA) is 115 Å². The van der Waals surface area contributed by atoms with Crippen molar-refractivity contribution < 1.29 is 13.2 Å². The maximum absolute atomic E-state index is 13.2. The Balaban J connectivity index is 1.76. The molecule has 0 bridgehead atoms. The van der Waals surface area contributed by atoms with Gasteiger partial charge in [0, 0.05) is 37.7 Å². The van der Waals surface area contributed by atoms with E-state index in [0.29, 0.717) is 29.8 Å². The number of rotatable bonds is 5. The minimum absolute atomic E-state index is 0.0360. The molecular formula is C21H27N7O3S. The van der Waals surface area contributed by atoms with Crippen LogP contribution in [0.2, 0.25) is 0 Å². The Labute approximate surface area is 187 Å². The van der Waals surface area contributed by atoms with Crippen molar-refractivity contribution >= 4 is 21.7 Å². The Hall–Kier alpha value is -3.21. The summed E-state index contributed by atoms with van der Waals surface area (Å²) in [4.78, 5) is 20.0. The summed E-state index contributed by atoms with van der Waals surface area (Å²) in [6, 6.07) is 5.03. The SMILES string of the molecule is Cc1nn(C)cc1S(=O)(=O)NC(=O)c1ccc(-n2cccn2)nc1N1C[C@@H](C)CC1(C)C. The molecule has 3 aromatic rings. The fourth-order valence-corrected chi connectivity index (χ4v) is 5.57. The Morgan fingerprint density at radius 1 is 1.28 bits per heavy atom. The van der Waals surface area contributed by atoms with Gasteiger partial charge in [-0.1, -0.05) is 6.92 Å². The van der Waals surface area contributed by atoms with Crippen LogP contribution in [-0.4, -0.2) is 51.0 Å². The van der Waals surface area contributed by atoms with Gasteiger partial charge in [-0.2, -0.15) is 10.2 Å². The predicted molar refractivity (Wildman–Crippen MR) is 119 cm³/mol. The van der Waals surface area contributed by atoms with Gasteiger partial charge >= 0.3 is 0 Å². The van der Waals surface area contributed by atoms with Crippen molar-refractivity contribution in [3.63, 3.8) is 0 Å². The lowest BCUT2D eigenvalue weighted by Gasteiger charge is -2.34. The standard InChI is InChI=1S/C21H27N7O3S/c1-14-11-21(3,4)27(12-14)19-16(7-8-18(23-19)28-10-6-9-22-28)20(29)25-32(30,31)17-13-26(5)24-15(17)2/h6-10,13-14H,11-12H2,1-5H3,(H,25,29)/t14-/m0/s1. The number of hydrogen-bond donors (Lipinski definition) is 1. The zero-order valence-electron chi connectivity index (χ0n) is 18.8. The van der Waals surface area contributed by atoms with Crippen molar-refractivity contribution in [1.29, 1.82) is 0 Å². The van der Waals surface area contributed by atoms with Gasteiger partial charge in [-0.05, 0) is 51.3 Å². The van der Waals surface area contributed by atoms with Crippen molar-refractivity contribution in [1.82, 2.24) is 29.3 Å². The molecule has 1 amide bonds. The quantitative estimate of drug-likeness (QED) is 0.623. The monoisotopic (exact) mass is 457 g/mol. The van der Waals surface area contributed by atoms with Gasteiger partial charge < -0.3 is 4.90 Å². The van der Waals surface area contributed by atoms with Crippen LogP contribution >= 0.6 is 0 Å². The van der Waals surface area contributed by atoms with E-state index in [9.17, 15) is 13.2 Å². The molecule has 0 saturated carbocycles. The number of carbonyl (C=O) groups excluding carboxylic acids is 1. The van der Waals surface area contributed by atoms with Crippen LogP contribution in [0.15, 0.2) is 41.7 Å². The fraction of sp³-hybridized carbons (Fsp3) is 0.429. The van der Waals surface area contributed by atoms with Crippen LogP contribution in [0.3, 0.4) is 0 Å². The van der Waals surface area contributed by atoms with Crippen molar-refractivity contribution in [2.45, 2.75) is 44.6 Å². The number of sulfonamides is 1. The fourth-order valence-electron chi connectivity index (χ4n) is 4.39. The van der Waals surface area contributed by atoms with Gasteiger partial charge in [0.05, 0.1) is 11.3 Å². The Bertz CT molecular complexity index is 1260. The third kappa shape index (κ3) is 3.99. The van der Waals surface area contributed by atoms with Gasteiger partial charge in [0.2, 0.25) is 0 Å². The number of carbonyl (C=O) groups is 1. The number of aryl methyl sites for hydroxylation is 2. The lowest BCUT2D eigenvalue weighted by molar-refractivity contribution is 0.0981. The maximum atomic E-state index is 13.2. The first-order chi connectivity index (χ1) is 15.0. The smallest absolute Gasteiger partial charge is 0.268 e. The second-order valence-corrected chi connectivity index (χ2v) is 10.6. The highest BCUT2D eigenvalue weighted by Gasteiger charge is 2.39. The molecule has 0 aromatic carbocycles. The van der Waals surface area contributed by atoms with Gasteiger partial charge in [0.1, 0.15) is 10.7 Å². The van der Waals surface area contributed by atoms with E-state index in [1.165, 1.54) is 10.9 Å². The molecule has 1 N–H and O–H groups in total. The number of nitrogens with zero attached hydrogens (tertiary/aromatic N) is 6. The first-order valence-electron chi connectivity index (χ1n) is 10.3. The van der Waals surface area contributed by atoms with E-state index in [1.54, 1.807) is 49.2 Å². The van der Waals surface area contributed by atoms with Crippen LogP contribution in [0.25, 0.3) is 5.82 Å². The van der Waals surface area contributed by atoms with Crippen LogP contribution in [0.4, 0.5) is 5.82 Å². The molecule has 170 valence electrons. The van der Waals surface area contributed by atoms with E-state index < -0.39 is 15.9 Å². The summed E-state index contributed by atoms with van der Waals surface area (Å²) in [5.74, 6) is 0.641. The second kappa shape index (κ2) is 7.73. The van der Waals surface area contributed by atoms with E-state index in [4.69, 9.17) is 4.98 Å². The first kappa shape index (κ1) is 22.0. The van der Waals surface area contributed by atoms with Gasteiger partial charge in [-0.25, -0.2) is 22.8 Å². The zero-order chi connectivity index (χ0) is 23.3. The maximum Gasteiger partial charge on any atom is 0.268 e. The van der Waals surface area contributed by atoms with Crippen molar-refractivity contribution in [3.05, 3.63) is 48.0 Å². The molecule has 1 fully saturated rings. The molecule has 1 aliphatic rings.